The number of sulfone groups is 1. The van der Waals surface area contributed by atoms with Crippen molar-refractivity contribution in [2.45, 2.75) is 11.1 Å². The fourth-order valence-electron chi connectivity index (χ4n) is 1.46. The topological polar surface area (TPSA) is 103 Å². The smallest absolute Gasteiger partial charge is 0.258 e. The first-order chi connectivity index (χ1) is 8.95. The fourth-order valence-corrected chi connectivity index (χ4v) is 3.52. The van der Waals surface area contributed by atoms with Crippen LogP contribution in [0.3, 0.4) is 0 Å². The zero-order valence-electron chi connectivity index (χ0n) is 9.81. The van der Waals surface area contributed by atoms with Gasteiger partial charge in [0.25, 0.3) is 5.69 Å². The summed E-state index contributed by atoms with van der Waals surface area (Å²) >= 11 is 0.771. The number of aromatic nitrogens is 2. The number of hydrogen-bond acceptors (Lipinski definition) is 7. The predicted octanol–water partition coefficient (Wildman–Crippen LogP) is 1.91. The first-order valence-electron chi connectivity index (χ1n) is 5.25. The van der Waals surface area contributed by atoms with E-state index in [0.29, 0.717) is 5.56 Å². The molecule has 0 bridgehead atoms. The van der Waals surface area contributed by atoms with E-state index in [2.05, 4.69) is 9.59 Å². The van der Waals surface area contributed by atoms with Crippen molar-refractivity contribution in [3.63, 3.8) is 0 Å². The molecule has 0 spiro atoms. The molecule has 2 rings (SSSR count). The Hall–Kier alpha value is -1.87. The largest absolute Gasteiger partial charge is 0.270 e. The zero-order chi connectivity index (χ0) is 14.0. The molecule has 2 aromatic rings. The Morgan fingerprint density at radius 1 is 1.42 bits per heavy atom. The molecule has 0 radical (unpaired) electrons. The summed E-state index contributed by atoms with van der Waals surface area (Å²) in [5, 5.41) is 14.5. The number of nitro benzene ring substituents is 1. The molecule has 9 heteroatoms. The third-order valence-corrected chi connectivity index (χ3v) is 5.48. The quantitative estimate of drug-likeness (QED) is 0.631. The van der Waals surface area contributed by atoms with Crippen molar-refractivity contribution in [1.82, 2.24) is 9.59 Å². The molecule has 0 N–H and O–H groups in total. The van der Waals surface area contributed by atoms with E-state index in [1.165, 1.54) is 25.1 Å². The molecular weight excluding hydrogens is 290 g/mol. The van der Waals surface area contributed by atoms with Crippen molar-refractivity contribution in [2.24, 2.45) is 0 Å². The van der Waals surface area contributed by atoms with E-state index in [1.54, 1.807) is 6.07 Å². The summed E-state index contributed by atoms with van der Waals surface area (Å²) in [7, 11) is -3.44. The highest BCUT2D eigenvalue weighted by Crippen LogP contribution is 2.30. The van der Waals surface area contributed by atoms with Crippen LogP contribution < -0.4 is 0 Å². The highest BCUT2D eigenvalue weighted by Gasteiger charge is 2.23. The van der Waals surface area contributed by atoms with Crippen molar-refractivity contribution in [3.8, 4) is 11.3 Å². The Bertz CT molecular complexity index is 724. The van der Waals surface area contributed by atoms with E-state index >= 15 is 0 Å². The van der Waals surface area contributed by atoms with Crippen molar-refractivity contribution >= 4 is 27.1 Å². The molecule has 1 aromatic carbocycles. The van der Waals surface area contributed by atoms with Crippen LogP contribution in [0.2, 0.25) is 0 Å². The summed E-state index contributed by atoms with van der Waals surface area (Å²) in [5.41, 5.74) is 0.413. The summed E-state index contributed by atoms with van der Waals surface area (Å²) in [5.74, 6) is -0.0706. The lowest BCUT2D eigenvalue weighted by Crippen LogP contribution is -2.03. The van der Waals surface area contributed by atoms with Crippen molar-refractivity contribution in [1.29, 1.82) is 0 Å². The van der Waals surface area contributed by atoms with Gasteiger partial charge in [-0.1, -0.05) is 23.5 Å². The van der Waals surface area contributed by atoms with Gasteiger partial charge in [-0.3, -0.25) is 10.1 Å². The second kappa shape index (κ2) is 5.02. The number of nitro groups is 1. The molecule has 0 unspecified atom stereocenters. The molecule has 7 nitrogen and oxygen atoms in total. The standard InChI is InChI=1S/C10H9N3O4S2/c1-2-19(16,17)10-9(11-12-18-10)7-4-3-5-8(6-7)13(14)15/h3-6H,2H2,1H3. The maximum atomic E-state index is 11.9. The lowest BCUT2D eigenvalue weighted by molar-refractivity contribution is -0.384. The summed E-state index contributed by atoms with van der Waals surface area (Å²) in [6.07, 6.45) is 0. The molecule has 100 valence electrons. The van der Waals surface area contributed by atoms with Crippen LogP contribution in [0, 0.1) is 10.1 Å². The fraction of sp³-hybridized carbons (Fsp3) is 0.200. The Balaban J connectivity index is 2.58. The van der Waals surface area contributed by atoms with E-state index in [-0.39, 0.29) is 21.3 Å². The van der Waals surface area contributed by atoms with Crippen LogP contribution in [-0.4, -0.2) is 28.7 Å². The Morgan fingerprint density at radius 2 is 2.16 bits per heavy atom. The monoisotopic (exact) mass is 299 g/mol. The molecule has 0 aliphatic rings. The number of rotatable bonds is 4. The van der Waals surface area contributed by atoms with Crippen LogP contribution in [0.5, 0.6) is 0 Å². The molecule has 0 amide bonds. The molecule has 0 fully saturated rings. The van der Waals surface area contributed by atoms with Gasteiger partial charge in [0, 0.05) is 29.2 Å². The average Bonchev–Trinajstić information content (AvgIpc) is 2.89. The van der Waals surface area contributed by atoms with Crippen LogP contribution >= 0.6 is 11.5 Å². The lowest BCUT2D eigenvalue weighted by atomic mass is 10.1. The number of hydrogen-bond donors (Lipinski definition) is 0. The van der Waals surface area contributed by atoms with E-state index in [0.717, 1.165) is 11.5 Å². The van der Waals surface area contributed by atoms with Crippen molar-refractivity contribution in [3.05, 3.63) is 34.4 Å². The average molecular weight is 299 g/mol. The molecule has 0 saturated carbocycles. The molecular formula is C10H9N3O4S2. The highest BCUT2D eigenvalue weighted by atomic mass is 32.2. The minimum atomic E-state index is -3.44. The summed E-state index contributed by atoms with van der Waals surface area (Å²) < 4.78 is 27.4. The lowest BCUT2D eigenvalue weighted by Gasteiger charge is -2.01. The zero-order valence-corrected chi connectivity index (χ0v) is 11.4. The van der Waals surface area contributed by atoms with E-state index in [9.17, 15) is 18.5 Å². The first-order valence-corrected chi connectivity index (χ1v) is 7.68. The van der Waals surface area contributed by atoms with Gasteiger partial charge >= 0.3 is 0 Å². The van der Waals surface area contributed by atoms with Crippen LogP contribution in [0.1, 0.15) is 6.92 Å². The SMILES string of the molecule is CCS(=O)(=O)c1snnc1-c1cccc([N+](=O)[O-])c1. The van der Waals surface area contributed by atoms with Gasteiger partial charge in [-0.25, -0.2) is 8.42 Å². The van der Waals surface area contributed by atoms with Crippen LogP contribution in [0.15, 0.2) is 28.5 Å². The number of non-ortho nitro benzene ring substituents is 1. The molecule has 0 aliphatic heterocycles. The molecule has 1 heterocycles. The van der Waals surface area contributed by atoms with Gasteiger partial charge in [-0.15, -0.1) is 5.10 Å². The van der Waals surface area contributed by atoms with Gasteiger partial charge < -0.3 is 0 Å². The maximum absolute atomic E-state index is 11.9. The maximum Gasteiger partial charge on any atom is 0.270 e. The molecule has 0 aliphatic carbocycles. The Kier molecular flexibility index (Phi) is 3.58. The number of benzene rings is 1. The van der Waals surface area contributed by atoms with Gasteiger partial charge in [0.05, 0.1) is 10.7 Å². The second-order valence-electron chi connectivity index (χ2n) is 3.62. The summed E-state index contributed by atoms with van der Waals surface area (Å²) in [4.78, 5) is 10.2. The summed E-state index contributed by atoms with van der Waals surface area (Å²) in [6.45, 7) is 1.52. The van der Waals surface area contributed by atoms with Gasteiger partial charge in [0.1, 0.15) is 5.69 Å². The van der Waals surface area contributed by atoms with Gasteiger partial charge in [0.2, 0.25) is 0 Å². The van der Waals surface area contributed by atoms with Crippen molar-refractivity contribution in [2.75, 3.05) is 5.75 Å². The minimum Gasteiger partial charge on any atom is -0.258 e. The molecule has 1 aromatic heterocycles. The third-order valence-electron chi connectivity index (χ3n) is 2.45. The van der Waals surface area contributed by atoms with Gasteiger partial charge in [-0.05, 0) is 0 Å². The predicted molar refractivity (Wildman–Crippen MR) is 69.7 cm³/mol. The number of nitrogens with zero attached hydrogens (tertiary/aromatic N) is 3. The molecule has 19 heavy (non-hydrogen) atoms. The Morgan fingerprint density at radius 3 is 2.79 bits per heavy atom. The first kappa shape index (κ1) is 13.6. The minimum absolute atomic E-state index is 0.0375. The molecule has 0 atom stereocenters. The van der Waals surface area contributed by atoms with Crippen LogP contribution in [0.4, 0.5) is 5.69 Å². The van der Waals surface area contributed by atoms with Crippen LogP contribution in [0.25, 0.3) is 11.3 Å². The highest BCUT2D eigenvalue weighted by molar-refractivity contribution is 7.93. The Labute approximate surface area is 113 Å². The van der Waals surface area contributed by atoms with Gasteiger partial charge in [-0.2, -0.15) is 0 Å². The van der Waals surface area contributed by atoms with E-state index in [1.807, 2.05) is 0 Å². The summed E-state index contributed by atoms with van der Waals surface area (Å²) in [6, 6.07) is 5.66. The normalized spacial score (nSPS) is 11.4. The third kappa shape index (κ3) is 2.61. The van der Waals surface area contributed by atoms with Crippen LogP contribution in [-0.2, 0) is 9.84 Å². The molecule has 0 saturated heterocycles. The van der Waals surface area contributed by atoms with E-state index < -0.39 is 14.8 Å². The van der Waals surface area contributed by atoms with Gasteiger partial charge in [0.15, 0.2) is 14.0 Å². The van der Waals surface area contributed by atoms with Crippen molar-refractivity contribution < 1.29 is 13.3 Å². The van der Waals surface area contributed by atoms with E-state index in [4.69, 9.17) is 0 Å². The second-order valence-corrected chi connectivity index (χ2v) is 6.85.